The second-order valence-corrected chi connectivity index (χ2v) is 10.7. The van der Waals surface area contributed by atoms with E-state index in [4.69, 9.17) is 0 Å². The van der Waals surface area contributed by atoms with Crippen LogP contribution in [0.25, 0.3) is 16.6 Å². The van der Waals surface area contributed by atoms with E-state index in [2.05, 4.69) is 14.9 Å². The number of benzene rings is 1. The number of nitrogens with zero attached hydrogens (tertiary/aromatic N) is 4. The molecular weight excluding hydrogens is 326 g/mol. The fourth-order valence-electron chi connectivity index (χ4n) is 2.49. The molecule has 0 aliphatic heterocycles. The number of carbonyl (C=O) groups excluding carboxylic acids is 1. The smallest absolute Gasteiger partial charge is 0.230 e. The fourth-order valence-corrected chi connectivity index (χ4v) is 4.35. The monoisotopic (exact) mass is 347 g/mol. The highest BCUT2D eigenvalue weighted by Crippen LogP contribution is 2.29. The van der Waals surface area contributed by atoms with Crippen LogP contribution in [0, 0.1) is 0 Å². The lowest BCUT2D eigenvalue weighted by Crippen LogP contribution is -2.48. The highest BCUT2D eigenvalue weighted by molar-refractivity contribution is 8.17. The molecule has 0 fully saturated rings. The highest BCUT2D eigenvalue weighted by Gasteiger charge is 2.29. The van der Waals surface area contributed by atoms with Crippen LogP contribution < -0.4 is 4.72 Å². The molecule has 128 valence electrons. The van der Waals surface area contributed by atoms with Gasteiger partial charge in [-0.2, -0.15) is 10.2 Å². The van der Waals surface area contributed by atoms with Gasteiger partial charge in [0, 0.05) is 42.5 Å². The quantitative estimate of drug-likeness (QED) is 0.778. The number of hydrogen-bond donors (Lipinski definition) is 1. The molecule has 0 unspecified atom stereocenters. The summed E-state index contributed by atoms with van der Waals surface area (Å²) >= 11 is 0. The van der Waals surface area contributed by atoms with E-state index in [1.165, 1.54) is 0 Å². The van der Waals surface area contributed by atoms with Gasteiger partial charge in [-0.1, -0.05) is 6.92 Å². The molecule has 8 heteroatoms. The van der Waals surface area contributed by atoms with Gasteiger partial charge in [0.1, 0.15) is 5.69 Å². The van der Waals surface area contributed by atoms with Crippen molar-refractivity contribution in [2.75, 3.05) is 12.5 Å². The van der Waals surface area contributed by atoms with Crippen molar-refractivity contribution >= 4 is 26.1 Å². The molecule has 1 N–H and O–H groups in total. The summed E-state index contributed by atoms with van der Waals surface area (Å²) in [5.41, 5.74) is 1.63. The van der Waals surface area contributed by atoms with E-state index in [0.29, 0.717) is 4.90 Å². The Hall–Kier alpha value is -2.48. The first-order valence-corrected chi connectivity index (χ1v) is 10.4. The second-order valence-electron chi connectivity index (χ2n) is 6.37. The normalized spacial score (nSPS) is 13.6. The summed E-state index contributed by atoms with van der Waals surface area (Å²) in [6.45, 7) is 1.74. The molecule has 0 bridgehead atoms. The van der Waals surface area contributed by atoms with Crippen LogP contribution in [0.2, 0.25) is 0 Å². The molecule has 0 radical (unpaired) electrons. The van der Waals surface area contributed by atoms with Crippen molar-refractivity contribution in [3.63, 3.8) is 0 Å². The lowest BCUT2D eigenvalue weighted by Gasteiger charge is -2.35. The van der Waals surface area contributed by atoms with Crippen LogP contribution >= 0.6 is 0 Å². The van der Waals surface area contributed by atoms with Gasteiger partial charge >= 0.3 is 0 Å². The molecule has 1 amide bonds. The number of fused-ring (bicyclic) bond motifs is 1. The average Bonchev–Trinajstić information content (AvgIpc) is 3.10. The summed E-state index contributed by atoms with van der Waals surface area (Å²) < 4.78 is 19.4. The standard InChI is InChI=1S/C16H21N5O2S/c1-5-16(22)19-24(3,4,23)14-6-7-15-12(8-14)10-21(18-15)13-9-17-20(2)11-13/h6-11H,5H2,1-4H3,(H,19,22,23). The number of aromatic nitrogens is 4. The van der Waals surface area contributed by atoms with Crippen molar-refractivity contribution in [2.24, 2.45) is 7.05 Å². The first kappa shape index (κ1) is 16.4. The maximum Gasteiger partial charge on any atom is 0.230 e. The number of amides is 1. The van der Waals surface area contributed by atoms with Crippen molar-refractivity contribution in [3.05, 3.63) is 36.8 Å². The maximum atomic E-state index is 13.3. The zero-order valence-corrected chi connectivity index (χ0v) is 15.0. The number of carbonyl (C=O) groups is 1. The van der Waals surface area contributed by atoms with Gasteiger partial charge in [-0.3, -0.25) is 18.4 Å². The molecule has 0 aliphatic rings. The summed E-state index contributed by atoms with van der Waals surface area (Å²) in [7, 11) is -1.61. The van der Waals surface area contributed by atoms with E-state index in [-0.39, 0.29) is 12.3 Å². The Kier molecular flexibility index (Phi) is 3.60. The van der Waals surface area contributed by atoms with Crippen molar-refractivity contribution in [2.45, 2.75) is 18.2 Å². The summed E-state index contributed by atoms with van der Waals surface area (Å²) in [4.78, 5) is 12.3. The van der Waals surface area contributed by atoms with Crippen LogP contribution in [0.5, 0.6) is 0 Å². The molecule has 1 aromatic carbocycles. The molecule has 0 saturated carbocycles. The third-order valence-electron chi connectivity index (χ3n) is 3.85. The minimum Gasteiger partial charge on any atom is -0.292 e. The van der Waals surface area contributed by atoms with Crippen molar-refractivity contribution in [3.8, 4) is 5.69 Å². The van der Waals surface area contributed by atoms with E-state index in [1.54, 1.807) is 41.1 Å². The maximum absolute atomic E-state index is 13.3. The van der Waals surface area contributed by atoms with Gasteiger partial charge in [0.15, 0.2) is 0 Å². The molecule has 24 heavy (non-hydrogen) atoms. The van der Waals surface area contributed by atoms with Crippen LogP contribution in [0.15, 0.2) is 41.7 Å². The Morgan fingerprint density at radius 1 is 1.29 bits per heavy atom. The van der Waals surface area contributed by atoms with Gasteiger partial charge < -0.3 is 0 Å². The van der Waals surface area contributed by atoms with E-state index in [9.17, 15) is 9.00 Å². The average molecular weight is 347 g/mol. The van der Waals surface area contributed by atoms with Gasteiger partial charge in [-0.15, -0.1) is 0 Å². The number of aryl methyl sites for hydroxylation is 1. The van der Waals surface area contributed by atoms with Gasteiger partial charge in [-0.25, -0.2) is 4.68 Å². The summed E-state index contributed by atoms with van der Waals surface area (Å²) in [6, 6.07) is 5.39. The minimum absolute atomic E-state index is 0.233. The molecule has 0 aliphatic carbocycles. The van der Waals surface area contributed by atoms with E-state index >= 15 is 0 Å². The summed E-state index contributed by atoms with van der Waals surface area (Å²) in [6.07, 6.45) is 8.90. The summed E-state index contributed by atoms with van der Waals surface area (Å²) in [5, 5.41) is 9.49. The van der Waals surface area contributed by atoms with Crippen LogP contribution in [0.3, 0.4) is 0 Å². The Balaban J connectivity index is 2.05. The van der Waals surface area contributed by atoms with Crippen molar-refractivity contribution < 1.29 is 9.00 Å². The molecule has 3 rings (SSSR count). The Labute approximate surface area is 140 Å². The first-order chi connectivity index (χ1) is 11.2. The Bertz CT molecular complexity index is 995. The molecule has 2 aromatic heterocycles. The first-order valence-electron chi connectivity index (χ1n) is 7.58. The molecule has 7 nitrogen and oxygen atoms in total. The summed E-state index contributed by atoms with van der Waals surface area (Å²) in [5.74, 6) is -0.233. The minimum atomic E-state index is -3.46. The molecule has 3 aromatic rings. The fraction of sp³-hybridized carbons (Fsp3) is 0.312. The zero-order valence-electron chi connectivity index (χ0n) is 14.2. The lowest BCUT2D eigenvalue weighted by atomic mass is 10.3. The molecular formula is C16H21N5O2S. The van der Waals surface area contributed by atoms with Crippen LogP contribution in [0.1, 0.15) is 13.3 Å². The van der Waals surface area contributed by atoms with Crippen LogP contribution in [0.4, 0.5) is 0 Å². The number of nitrogens with one attached hydrogen (secondary N) is 1. The topological polar surface area (TPSA) is 81.8 Å². The predicted octanol–water partition coefficient (Wildman–Crippen LogP) is 1.64. The van der Waals surface area contributed by atoms with Gasteiger partial charge in [-0.05, 0) is 27.5 Å². The molecule has 2 heterocycles. The van der Waals surface area contributed by atoms with E-state index in [1.807, 2.05) is 31.6 Å². The molecule has 0 saturated heterocycles. The van der Waals surface area contributed by atoms with Crippen molar-refractivity contribution in [1.29, 1.82) is 0 Å². The second kappa shape index (κ2) is 5.27. The van der Waals surface area contributed by atoms with Crippen LogP contribution in [-0.4, -0.2) is 42.2 Å². The zero-order chi connectivity index (χ0) is 17.6. The molecule has 0 spiro atoms. The third-order valence-corrected chi connectivity index (χ3v) is 6.30. The third kappa shape index (κ3) is 2.96. The molecule has 0 atom stereocenters. The van der Waals surface area contributed by atoms with E-state index < -0.39 is 9.25 Å². The Morgan fingerprint density at radius 2 is 2.04 bits per heavy atom. The highest BCUT2D eigenvalue weighted by atomic mass is 32.3. The van der Waals surface area contributed by atoms with Crippen LogP contribution in [-0.2, 0) is 21.1 Å². The Morgan fingerprint density at radius 3 is 2.67 bits per heavy atom. The number of rotatable bonds is 4. The predicted molar refractivity (Wildman–Crippen MR) is 94.5 cm³/mol. The number of hydrogen-bond acceptors (Lipinski definition) is 4. The van der Waals surface area contributed by atoms with E-state index in [0.717, 1.165) is 16.6 Å². The van der Waals surface area contributed by atoms with Gasteiger partial charge in [0.05, 0.1) is 17.9 Å². The van der Waals surface area contributed by atoms with Gasteiger partial charge in [0.25, 0.3) is 0 Å². The van der Waals surface area contributed by atoms with Gasteiger partial charge in [0.2, 0.25) is 5.91 Å². The SMILES string of the molecule is CCC(=O)NS(C)(C)(=O)c1ccc2nn(-c3cnn(C)c3)cc2c1. The largest absolute Gasteiger partial charge is 0.292 e. The van der Waals surface area contributed by atoms with Crippen molar-refractivity contribution in [1.82, 2.24) is 24.3 Å². The lowest BCUT2D eigenvalue weighted by molar-refractivity contribution is -0.119.